The Morgan fingerprint density at radius 3 is 2.55 bits per heavy atom. The van der Waals surface area contributed by atoms with Gasteiger partial charge in [0, 0.05) is 32.2 Å². The molecular formula is C17H29IN4. The molecule has 0 fully saturated rings. The van der Waals surface area contributed by atoms with E-state index in [0.29, 0.717) is 12.0 Å². The Morgan fingerprint density at radius 1 is 1.27 bits per heavy atom. The zero-order valence-corrected chi connectivity index (χ0v) is 16.3. The van der Waals surface area contributed by atoms with Crippen molar-refractivity contribution in [1.82, 2.24) is 9.80 Å². The first-order chi connectivity index (χ1) is 10.2. The van der Waals surface area contributed by atoms with Crippen LogP contribution >= 0.6 is 24.0 Å². The summed E-state index contributed by atoms with van der Waals surface area (Å²) >= 11 is 0. The summed E-state index contributed by atoms with van der Waals surface area (Å²) in [5.41, 5.74) is 9.00. The number of hydrogen-bond acceptors (Lipinski definition) is 2. The molecule has 0 amide bonds. The van der Waals surface area contributed by atoms with Gasteiger partial charge in [-0.3, -0.25) is 9.89 Å². The van der Waals surface area contributed by atoms with Gasteiger partial charge in [0.1, 0.15) is 0 Å². The molecule has 0 bridgehead atoms. The predicted molar refractivity (Wildman–Crippen MR) is 105 cm³/mol. The van der Waals surface area contributed by atoms with Crippen molar-refractivity contribution in [2.45, 2.75) is 39.8 Å². The van der Waals surface area contributed by atoms with E-state index in [1.54, 1.807) is 0 Å². The van der Waals surface area contributed by atoms with E-state index in [2.05, 4.69) is 59.8 Å². The number of guanidine groups is 1. The highest BCUT2D eigenvalue weighted by molar-refractivity contribution is 14.0. The van der Waals surface area contributed by atoms with Crippen LogP contribution in [0.25, 0.3) is 0 Å². The first-order valence-corrected chi connectivity index (χ1v) is 8.01. The molecule has 0 saturated heterocycles. The van der Waals surface area contributed by atoms with Crippen LogP contribution < -0.4 is 5.73 Å². The van der Waals surface area contributed by atoms with Gasteiger partial charge in [-0.2, -0.15) is 0 Å². The summed E-state index contributed by atoms with van der Waals surface area (Å²) in [6.45, 7) is 11.2. The summed E-state index contributed by atoms with van der Waals surface area (Å²) in [6, 6.07) is 9.17. The number of benzene rings is 1. The first-order valence-electron chi connectivity index (χ1n) is 8.01. The van der Waals surface area contributed by atoms with E-state index in [1.807, 2.05) is 0 Å². The molecule has 2 rings (SSSR count). The number of fused-ring (bicyclic) bond motifs is 1. The number of halogens is 1. The second-order valence-corrected chi connectivity index (χ2v) is 5.71. The Kier molecular flexibility index (Phi) is 8.17. The molecule has 4 nitrogen and oxygen atoms in total. The van der Waals surface area contributed by atoms with Gasteiger partial charge in [-0.05, 0) is 38.3 Å². The highest BCUT2D eigenvalue weighted by atomic mass is 127. The number of rotatable bonds is 5. The van der Waals surface area contributed by atoms with Gasteiger partial charge in [0.25, 0.3) is 0 Å². The van der Waals surface area contributed by atoms with Crippen LogP contribution in [0.3, 0.4) is 0 Å². The van der Waals surface area contributed by atoms with Crippen molar-refractivity contribution in [2.24, 2.45) is 10.7 Å². The smallest absolute Gasteiger partial charge is 0.191 e. The molecular weight excluding hydrogens is 387 g/mol. The monoisotopic (exact) mass is 416 g/mol. The number of hydrogen-bond donors (Lipinski definition) is 1. The maximum absolute atomic E-state index is 6.05. The van der Waals surface area contributed by atoms with Crippen molar-refractivity contribution in [3.05, 3.63) is 35.4 Å². The van der Waals surface area contributed by atoms with Gasteiger partial charge in [0.05, 0.1) is 6.54 Å². The SMILES string of the molecule is CCN(CC)C(N)=NCC(C)N1CCc2ccccc2C1.I. The zero-order valence-electron chi connectivity index (χ0n) is 14.0. The van der Waals surface area contributed by atoms with E-state index >= 15 is 0 Å². The molecule has 1 atom stereocenters. The molecule has 1 aliphatic rings. The topological polar surface area (TPSA) is 44.9 Å². The summed E-state index contributed by atoms with van der Waals surface area (Å²) in [4.78, 5) is 9.17. The molecule has 0 saturated carbocycles. The highest BCUT2D eigenvalue weighted by Crippen LogP contribution is 2.20. The van der Waals surface area contributed by atoms with Gasteiger partial charge < -0.3 is 10.6 Å². The average molecular weight is 416 g/mol. The highest BCUT2D eigenvalue weighted by Gasteiger charge is 2.20. The average Bonchev–Trinajstić information content (AvgIpc) is 2.53. The van der Waals surface area contributed by atoms with Crippen LogP contribution in [0.5, 0.6) is 0 Å². The van der Waals surface area contributed by atoms with E-state index in [-0.39, 0.29) is 24.0 Å². The van der Waals surface area contributed by atoms with E-state index in [1.165, 1.54) is 11.1 Å². The second-order valence-electron chi connectivity index (χ2n) is 5.71. The van der Waals surface area contributed by atoms with Crippen LogP contribution in [0, 0.1) is 0 Å². The molecule has 1 aromatic rings. The predicted octanol–water partition coefficient (Wildman–Crippen LogP) is 2.71. The minimum atomic E-state index is 0. The van der Waals surface area contributed by atoms with E-state index in [0.717, 1.165) is 39.1 Å². The molecule has 1 aromatic carbocycles. The Morgan fingerprint density at radius 2 is 1.91 bits per heavy atom. The normalized spacial score (nSPS) is 16.6. The van der Waals surface area contributed by atoms with Crippen LogP contribution in [0.1, 0.15) is 31.9 Å². The molecule has 5 heteroatoms. The van der Waals surface area contributed by atoms with Crippen molar-refractivity contribution < 1.29 is 0 Å². The maximum atomic E-state index is 6.05. The maximum Gasteiger partial charge on any atom is 0.191 e. The minimum Gasteiger partial charge on any atom is -0.370 e. The molecule has 124 valence electrons. The fraction of sp³-hybridized carbons (Fsp3) is 0.588. The van der Waals surface area contributed by atoms with Crippen LogP contribution in [-0.4, -0.2) is 48.0 Å². The molecule has 22 heavy (non-hydrogen) atoms. The standard InChI is InChI=1S/C17H28N4.HI/c1-4-20(5-2)17(18)19-12-14(3)21-11-10-15-8-6-7-9-16(15)13-21;/h6-9,14H,4-5,10-13H2,1-3H3,(H2,18,19);1H. The first kappa shape index (κ1) is 19.2. The summed E-state index contributed by atoms with van der Waals surface area (Å²) in [5, 5.41) is 0. The Labute approximate surface area is 151 Å². The molecule has 0 spiro atoms. The Balaban J connectivity index is 0.00000242. The van der Waals surface area contributed by atoms with Crippen LogP contribution in [0.4, 0.5) is 0 Å². The van der Waals surface area contributed by atoms with Gasteiger partial charge in [-0.15, -0.1) is 24.0 Å². The van der Waals surface area contributed by atoms with E-state index in [4.69, 9.17) is 5.73 Å². The molecule has 0 aliphatic carbocycles. The fourth-order valence-corrected chi connectivity index (χ4v) is 2.88. The van der Waals surface area contributed by atoms with Crippen LogP contribution in [0.15, 0.2) is 29.3 Å². The van der Waals surface area contributed by atoms with Crippen molar-refractivity contribution in [3.63, 3.8) is 0 Å². The van der Waals surface area contributed by atoms with Crippen molar-refractivity contribution in [1.29, 1.82) is 0 Å². The van der Waals surface area contributed by atoms with E-state index < -0.39 is 0 Å². The summed E-state index contributed by atoms with van der Waals surface area (Å²) in [6.07, 6.45) is 1.13. The lowest BCUT2D eigenvalue weighted by Gasteiger charge is -2.33. The van der Waals surface area contributed by atoms with Crippen LogP contribution in [-0.2, 0) is 13.0 Å². The molecule has 1 unspecified atom stereocenters. The van der Waals surface area contributed by atoms with Crippen molar-refractivity contribution in [3.8, 4) is 0 Å². The lowest BCUT2D eigenvalue weighted by molar-refractivity contribution is 0.195. The summed E-state index contributed by atoms with van der Waals surface area (Å²) in [7, 11) is 0. The van der Waals surface area contributed by atoms with Gasteiger partial charge in [-0.1, -0.05) is 24.3 Å². The van der Waals surface area contributed by atoms with Gasteiger partial charge in [-0.25, -0.2) is 0 Å². The van der Waals surface area contributed by atoms with Gasteiger partial charge in [0.15, 0.2) is 5.96 Å². The number of nitrogens with zero attached hydrogens (tertiary/aromatic N) is 3. The Bertz CT molecular complexity index is 485. The third-order valence-electron chi connectivity index (χ3n) is 4.39. The van der Waals surface area contributed by atoms with Crippen molar-refractivity contribution >= 4 is 29.9 Å². The third kappa shape index (κ3) is 4.84. The summed E-state index contributed by atoms with van der Waals surface area (Å²) in [5.74, 6) is 0.671. The lowest BCUT2D eigenvalue weighted by atomic mass is 9.99. The summed E-state index contributed by atoms with van der Waals surface area (Å²) < 4.78 is 0. The largest absolute Gasteiger partial charge is 0.370 e. The van der Waals surface area contributed by atoms with Gasteiger partial charge in [0.2, 0.25) is 0 Å². The molecule has 0 aromatic heterocycles. The quantitative estimate of drug-likeness (QED) is 0.456. The molecule has 1 heterocycles. The van der Waals surface area contributed by atoms with Crippen LogP contribution in [0.2, 0.25) is 0 Å². The number of nitrogens with two attached hydrogens (primary N) is 1. The molecule has 2 N–H and O–H groups in total. The lowest BCUT2D eigenvalue weighted by Crippen LogP contribution is -2.41. The molecule has 0 radical (unpaired) electrons. The molecule has 1 aliphatic heterocycles. The third-order valence-corrected chi connectivity index (χ3v) is 4.39. The number of aliphatic imine (C=N–C) groups is 1. The Hall–Kier alpha value is -0.820. The fourth-order valence-electron chi connectivity index (χ4n) is 2.88. The zero-order chi connectivity index (χ0) is 15.2. The van der Waals surface area contributed by atoms with Crippen molar-refractivity contribution in [2.75, 3.05) is 26.2 Å². The van der Waals surface area contributed by atoms with Gasteiger partial charge >= 0.3 is 0 Å². The minimum absolute atomic E-state index is 0. The second kappa shape index (κ2) is 9.35. The van der Waals surface area contributed by atoms with E-state index in [9.17, 15) is 0 Å².